The fraction of sp³-hybridized carbons (Fsp3) is 0.312. The molecule has 0 saturated heterocycles. The molecular formula is C16H16N4O. The molecule has 21 heavy (non-hydrogen) atoms. The number of benzene rings is 1. The third kappa shape index (κ3) is 3.11. The summed E-state index contributed by atoms with van der Waals surface area (Å²) in [4.78, 5) is 4.32. The highest BCUT2D eigenvalue weighted by Gasteiger charge is 2.24. The second-order valence-electron chi connectivity index (χ2n) is 5.19. The number of aromatic nitrogens is 2. The summed E-state index contributed by atoms with van der Waals surface area (Å²) in [6.45, 7) is 0. The Balaban J connectivity index is 1.78. The van der Waals surface area contributed by atoms with Crippen molar-refractivity contribution >= 4 is 12.0 Å². The van der Waals surface area contributed by atoms with Gasteiger partial charge in [0, 0.05) is 6.21 Å². The van der Waals surface area contributed by atoms with Gasteiger partial charge in [0.25, 0.3) is 0 Å². The smallest absolute Gasteiger partial charge is 0.191 e. The van der Waals surface area contributed by atoms with Gasteiger partial charge in [-0.2, -0.15) is 10.4 Å². The number of H-pyrrole nitrogens is 1. The summed E-state index contributed by atoms with van der Waals surface area (Å²) in [5.74, 6) is 1.97. The predicted molar refractivity (Wildman–Crippen MR) is 80.0 cm³/mol. The zero-order chi connectivity index (χ0) is 14.7. The average molecular weight is 280 g/mol. The van der Waals surface area contributed by atoms with E-state index in [0.717, 1.165) is 23.4 Å². The first-order valence-corrected chi connectivity index (χ1v) is 6.95. The molecule has 1 aromatic heterocycles. The van der Waals surface area contributed by atoms with Crippen LogP contribution in [0.1, 0.15) is 29.7 Å². The van der Waals surface area contributed by atoms with Crippen LogP contribution in [0.3, 0.4) is 0 Å². The predicted octanol–water partition coefficient (Wildman–Crippen LogP) is 2.99. The minimum Gasteiger partial charge on any atom is -0.497 e. The van der Waals surface area contributed by atoms with Gasteiger partial charge in [-0.05, 0) is 55.0 Å². The number of aromatic amines is 1. The van der Waals surface area contributed by atoms with E-state index in [2.05, 4.69) is 21.3 Å². The van der Waals surface area contributed by atoms with Crippen molar-refractivity contribution in [3.63, 3.8) is 0 Å². The summed E-state index contributed by atoms with van der Waals surface area (Å²) >= 11 is 0. The molecule has 1 aromatic carbocycles. The van der Waals surface area contributed by atoms with Crippen molar-refractivity contribution in [2.45, 2.75) is 19.3 Å². The van der Waals surface area contributed by atoms with E-state index in [0.29, 0.717) is 17.3 Å². The first kappa shape index (κ1) is 13.4. The maximum atomic E-state index is 9.29. The molecule has 1 aliphatic carbocycles. The van der Waals surface area contributed by atoms with Gasteiger partial charge in [-0.1, -0.05) is 0 Å². The van der Waals surface area contributed by atoms with Gasteiger partial charge in [-0.15, -0.1) is 0 Å². The fourth-order valence-electron chi connectivity index (χ4n) is 2.16. The Morgan fingerprint density at radius 2 is 2.19 bits per heavy atom. The maximum absolute atomic E-state index is 9.29. The van der Waals surface area contributed by atoms with Gasteiger partial charge >= 0.3 is 0 Å². The third-order valence-electron chi connectivity index (χ3n) is 3.58. The number of hydrogen-bond donors (Lipinski definition) is 1. The zero-order valence-electron chi connectivity index (χ0n) is 11.8. The molecule has 3 rings (SSSR count). The van der Waals surface area contributed by atoms with Gasteiger partial charge in [0.15, 0.2) is 5.82 Å². The van der Waals surface area contributed by atoms with Crippen LogP contribution < -0.4 is 4.74 Å². The number of nitrogens with zero attached hydrogens (tertiary/aromatic N) is 3. The molecule has 1 saturated carbocycles. The van der Waals surface area contributed by atoms with Crippen molar-refractivity contribution in [1.82, 2.24) is 10.2 Å². The van der Waals surface area contributed by atoms with E-state index < -0.39 is 0 Å². The highest BCUT2D eigenvalue weighted by Crippen LogP contribution is 2.34. The summed E-state index contributed by atoms with van der Waals surface area (Å²) in [5.41, 5.74) is 2.40. The molecule has 106 valence electrons. The summed E-state index contributed by atoms with van der Waals surface area (Å²) in [7, 11) is 1.63. The molecule has 5 heteroatoms. The summed E-state index contributed by atoms with van der Waals surface area (Å²) < 4.78 is 5.11. The highest BCUT2D eigenvalue weighted by molar-refractivity contribution is 5.82. The quantitative estimate of drug-likeness (QED) is 0.855. The van der Waals surface area contributed by atoms with Gasteiger partial charge < -0.3 is 4.74 Å². The van der Waals surface area contributed by atoms with Gasteiger partial charge in [0.1, 0.15) is 17.4 Å². The maximum Gasteiger partial charge on any atom is 0.191 e. The van der Waals surface area contributed by atoms with Crippen LogP contribution in [0.25, 0.3) is 0 Å². The molecule has 0 unspecified atom stereocenters. The molecule has 5 nitrogen and oxygen atoms in total. The fourth-order valence-corrected chi connectivity index (χ4v) is 2.16. The summed E-state index contributed by atoms with van der Waals surface area (Å²) in [5, 5.41) is 16.4. The molecule has 1 heterocycles. The minimum atomic E-state index is 0.462. The van der Waals surface area contributed by atoms with Crippen LogP contribution in [0.15, 0.2) is 29.3 Å². The van der Waals surface area contributed by atoms with Crippen LogP contribution in [-0.2, 0) is 6.42 Å². The van der Waals surface area contributed by atoms with E-state index in [-0.39, 0.29) is 0 Å². The molecule has 0 spiro atoms. The number of methoxy groups -OCH3 is 1. The van der Waals surface area contributed by atoms with Gasteiger partial charge in [0.2, 0.25) is 0 Å². The number of hydrogen-bond acceptors (Lipinski definition) is 4. The Hall–Kier alpha value is -2.61. The molecule has 0 aliphatic heterocycles. The lowest BCUT2D eigenvalue weighted by atomic mass is 10.1. The first-order chi connectivity index (χ1) is 10.3. The van der Waals surface area contributed by atoms with Crippen molar-refractivity contribution < 1.29 is 4.74 Å². The Labute approximate surface area is 123 Å². The van der Waals surface area contributed by atoms with E-state index in [1.807, 2.05) is 24.3 Å². The van der Waals surface area contributed by atoms with Crippen molar-refractivity contribution in [3.05, 3.63) is 41.1 Å². The number of ether oxygens (including phenoxy) is 1. The standard InChI is InChI=1S/C16H16N4O/c1-21-13-6-4-12(5-7-13)10-18-16-14(9-17)15(19-20-16)8-11-2-3-11/h4-7,10-11H,2-3,8H2,1H3,(H,19,20). The summed E-state index contributed by atoms with van der Waals surface area (Å²) in [6, 6.07) is 9.76. The van der Waals surface area contributed by atoms with Crippen LogP contribution in [0, 0.1) is 17.2 Å². The second-order valence-corrected chi connectivity index (χ2v) is 5.19. The SMILES string of the molecule is COc1ccc(C=Nc2n[nH]c(CC3CC3)c2C#N)cc1. The molecule has 1 fully saturated rings. The minimum absolute atomic E-state index is 0.462. The topological polar surface area (TPSA) is 74.1 Å². The highest BCUT2D eigenvalue weighted by atomic mass is 16.5. The van der Waals surface area contributed by atoms with E-state index in [4.69, 9.17) is 4.74 Å². The molecule has 0 amide bonds. The number of nitriles is 1. The lowest BCUT2D eigenvalue weighted by Gasteiger charge is -1.98. The van der Waals surface area contributed by atoms with Crippen molar-refractivity contribution in [2.24, 2.45) is 10.9 Å². The van der Waals surface area contributed by atoms with Crippen LogP contribution in [-0.4, -0.2) is 23.5 Å². The number of aliphatic imine (C=N–C) groups is 1. The van der Waals surface area contributed by atoms with E-state index in [9.17, 15) is 5.26 Å². The third-order valence-corrected chi connectivity index (χ3v) is 3.58. The molecule has 1 N–H and O–H groups in total. The molecule has 0 atom stereocenters. The normalized spacial score (nSPS) is 14.3. The Morgan fingerprint density at radius 1 is 1.43 bits per heavy atom. The average Bonchev–Trinajstić information content (AvgIpc) is 3.25. The van der Waals surface area contributed by atoms with E-state index in [1.165, 1.54) is 12.8 Å². The van der Waals surface area contributed by atoms with Crippen molar-refractivity contribution in [2.75, 3.05) is 7.11 Å². The summed E-state index contributed by atoms with van der Waals surface area (Å²) in [6.07, 6.45) is 5.09. The first-order valence-electron chi connectivity index (χ1n) is 6.95. The van der Waals surface area contributed by atoms with Crippen LogP contribution >= 0.6 is 0 Å². The van der Waals surface area contributed by atoms with Crippen molar-refractivity contribution in [1.29, 1.82) is 5.26 Å². The largest absolute Gasteiger partial charge is 0.497 e. The second kappa shape index (κ2) is 5.80. The Bertz CT molecular complexity index is 690. The number of rotatable bonds is 5. The zero-order valence-corrected chi connectivity index (χ0v) is 11.8. The van der Waals surface area contributed by atoms with Crippen LogP contribution in [0.4, 0.5) is 5.82 Å². The molecule has 0 radical (unpaired) electrons. The van der Waals surface area contributed by atoms with Gasteiger partial charge in [-0.25, -0.2) is 4.99 Å². The van der Waals surface area contributed by atoms with Crippen molar-refractivity contribution in [3.8, 4) is 11.8 Å². The Morgan fingerprint density at radius 3 is 2.81 bits per heavy atom. The van der Waals surface area contributed by atoms with Gasteiger partial charge in [-0.3, -0.25) is 5.10 Å². The number of nitrogens with one attached hydrogen (secondary N) is 1. The molecule has 0 bridgehead atoms. The monoisotopic (exact) mass is 280 g/mol. The van der Waals surface area contributed by atoms with E-state index >= 15 is 0 Å². The lowest BCUT2D eigenvalue weighted by molar-refractivity contribution is 0.415. The molecule has 2 aromatic rings. The van der Waals surface area contributed by atoms with E-state index in [1.54, 1.807) is 13.3 Å². The molecule has 1 aliphatic rings. The van der Waals surface area contributed by atoms with Crippen LogP contribution in [0.5, 0.6) is 5.75 Å². The van der Waals surface area contributed by atoms with Gasteiger partial charge in [0.05, 0.1) is 12.8 Å². The molecular weight excluding hydrogens is 264 g/mol. The van der Waals surface area contributed by atoms with Crippen LogP contribution in [0.2, 0.25) is 0 Å². The Kier molecular flexibility index (Phi) is 3.69. The lowest BCUT2D eigenvalue weighted by Crippen LogP contribution is -1.90.